The van der Waals surface area contributed by atoms with Crippen LogP contribution >= 0.6 is 0 Å². The van der Waals surface area contributed by atoms with Gasteiger partial charge >= 0.3 is 0 Å². The SMILES string of the molecule is CCn1cc(S(=O)(=O)NC2(C)CCS(=O)(=O)C2)cc1CO. The lowest BCUT2D eigenvalue weighted by atomic mass is 10.0. The first-order chi connectivity index (χ1) is 9.61. The minimum Gasteiger partial charge on any atom is -0.390 e. The van der Waals surface area contributed by atoms with E-state index in [2.05, 4.69) is 4.72 Å². The Hall–Kier alpha value is -0.900. The van der Waals surface area contributed by atoms with E-state index in [1.807, 2.05) is 6.92 Å². The number of sulfonamides is 1. The quantitative estimate of drug-likeness (QED) is 0.778. The molecular formula is C12H20N2O5S2. The zero-order valence-corrected chi connectivity index (χ0v) is 13.7. The molecule has 120 valence electrons. The van der Waals surface area contributed by atoms with Crippen LogP contribution in [0.25, 0.3) is 0 Å². The molecule has 1 fully saturated rings. The fourth-order valence-corrected chi connectivity index (χ4v) is 6.26. The molecule has 1 atom stereocenters. The van der Waals surface area contributed by atoms with Gasteiger partial charge in [-0.2, -0.15) is 0 Å². The van der Waals surface area contributed by atoms with Crippen LogP contribution in [0.2, 0.25) is 0 Å². The molecule has 0 spiro atoms. The van der Waals surface area contributed by atoms with E-state index in [0.717, 1.165) is 0 Å². The molecule has 2 heterocycles. The van der Waals surface area contributed by atoms with Crippen LogP contribution in [-0.2, 0) is 33.0 Å². The van der Waals surface area contributed by atoms with Gasteiger partial charge < -0.3 is 9.67 Å². The maximum absolute atomic E-state index is 12.4. The lowest BCUT2D eigenvalue weighted by Crippen LogP contribution is -2.46. The van der Waals surface area contributed by atoms with Gasteiger partial charge in [0.2, 0.25) is 10.0 Å². The zero-order chi connectivity index (χ0) is 15.9. The van der Waals surface area contributed by atoms with Gasteiger partial charge in [-0.3, -0.25) is 0 Å². The van der Waals surface area contributed by atoms with Crippen molar-refractivity contribution in [2.45, 2.75) is 43.9 Å². The number of aryl methyl sites for hydroxylation is 1. The Bertz CT molecular complexity index is 714. The van der Waals surface area contributed by atoms with E-state index >= 15 is 0 Å². The van der Waals surface area contributed by atoms with Crippen molar-refractivity contribution >= 4 is 19.9 Å². The summed E-state index contributed by atoms with van der Waals surface area (Å²) < 4.78 is 52.0. The van der Waals surface area contributed by atoms with Gasteiger partial charge in [0.1, 0.15) is 0 Å². The van der Waals surface area contributed by atoms with Crippen LogP contribution in [0.4, 0.5) is 0 Å². The van der Waals surface area contributed by atoms with Crippen molar-refractivity contribution in [1.29, 1.82) is 0 Å². The first kappa shape index (κ1) is 16.5. The number of rotatable bonds is 5. The van der Waals surface area contributed by atoms with Crippen molar-refractivity contribution in [1.82, 2.24) is 9.29 Å². The van der Waals surface area contributed by atoms with E-state index in [4.69, 9.17) is 0 Å². The Morgan fingerprint density at radius 1 is 1.48 bits per heavy atom. The number of hydrogen-bond acceptors (Lipinski definition) is 5. The van der Waals surface area contributed by atoms with Gasteiger partial charge in [0.25, 0.3) is 0 Å². The molecule has 0 amide bonds. The summed E-state index contributed by atoms with van der Waals surface area (Å²) >= 11 is 0. The van der Waals surface area contributed by atoms with Crippen molar-refractivity contribution < 1.29 is 21.9 Å². The third kappa shape index (κ3) is 3.47. The summed E-state index contributed by atoms with van der Waals surface area (Å²) in [5.74, 6) is -0.204. The first-order valence-electron chi connectivity index (χ1n) is 6.65. The van der Waals surface area contributed by atoms with Crippen LogP contribution in [0.5, 0.6) is 0 Å². The molecule has 0 radical (unpaired) electrons. The molecule has 0 saturated carbocycles. The molecule has 2 N–H and O–H groups in total. The van der Waals surface area contributed by atoms with E-state index in [9.17, 15) is 21.9 Å². The molecule has 0 aliphatic carbocycles. The minimum absolute atomic E-state index is 0.0100. The molecule has 1 aliphatic rings. The van der Waals surface area contributed by atoms with Crippen LogP contribution in [-0.4, -0.2) is 43.6 Å². The Kier molecular flexibility index (Phi) is 4.22. The number of aliphatic hydroxyl groups excluding tert-OH is 1. The highest BCUT2D eigenvalue weighted by Gasteiger charge is 2.41. The van der Waals surface area contributed by atoms with Crippen LogP contribution in [0.1, 0.15) is 26.0 Å². The van der Waals surface area contributed by atoms with E-state index in [0.29, 0.717) is 12.2 Å². The average molecular weight is 336 g/mol. The molecule has 1 aromatic heterocycles. The Morgan fingerprint density at radius 2 is 2.14 bits per heavy atom. The predicted molar refractivity (Wildman–Crippen MR) is 78.0 cm³/mol. The Morgan fingerprint density at radius 3 is 2.57 bits per heavy atom. The fourth-order valence-electron chi connectivity index (χ4n) is 2.57. The molecular weight excluding hydrogens is 316 g/mol. The molecule has 1 unspecified atom stereocenters. The molecule has 0 bridgehead atoms. The summed E-state index contributed by atoms with van der Waals surface area (Å²) in [6, 6.07) is 1.40. The highest BCUT2D eigenvalue weighted by molar-refractivity contribution is 7.92. The van der Waals surface area contributed by atoms with E-state index in [1.54, 1.807) is 11.5 Å². The Balaban J connectivity index is 2.29. The molecule has 1 saturated heterocycles. The van der Waals surface area contributed by atoms with Gasteiger partial charge in [-0.15, -0.1) is 0 Å². The van der Waals surface area contributed by atoms with Crippen LogP contribution < -0.4 is 4.72 Å². The second-order valence-electron chi connectivity index (χ2n) is 5.62. The maximum atomic E-state index is 12.4. The normalized spacial score (nSPS) is 25.3. The van der Waals surface area contributed by atoms with Gasteiger partial charge in [-0.05, 0) is 26.3 Å². The summed E-state index contributed by atoms with van der Waals surface area (Å²) in [5.41, 5.74) is -0.479. The summed E-state index contributed by atoms with van der Waals surface area (Å²) in [6.07, 6.45) is 1.70. The number of aliphatic hydroxyl groups is 1. The monoisotopic (exact) mass is 336 g/mol. The van der Waals surface area contributed by atoms with Gasteiger partial charge in [-0.1, -0.05) is 0 Å². The van der Waals surface area contributed by atoms with Crippen molar-refractivity contribution in [3.8, 4) is 0 Å². The number of hydrogen-bond donors (Lipinski definition) is 2. The minimum atomic E-state index is -3.82. The summed E-state index contributed by atoms with van der Waals surface area (Å²) in [7, 11) is -7.01. The predicted octanol–water partition coefficient (Wildman–Crippen LogP) is -0.144. The molecule has 1 aliphatic heterocycles. The number of aromatic nitrogens is 1. The van der Waals surface area contributed by atoms with Crippen LogP contribution in [0.15, 0.2) is 17.2 Å². The topological polar surface area (TPSA) is 105 Å². The largest absolute Gasteiger partial charge is 0.390 e. The van der Waals surface area contributed by atoms with Crippen molar-refractivity contribution in [2.75, 3.05) is 11.5 Å². The van der Waals surface area contributed by atoms with Crippen LogP contribution in [0, 0.1) is 0 Å². The standard InChI is InChI=1S/C12H20N2O5S2/c1-3-14-7-11(6-10(14)8-15)21(18,19)13-12(2)4-5-20(16,17)9-12/h6-7,13,15H,3-5,8-9H2,1-2H3. The molecule has 0 aromatic carbocycles. The second kappa shape index (κ2) is 5.38. The zero-order valence-electron chi connectivity index (χ0n) is 12.0. The molecule has 2 rings (SSSR count). The third-order valence-electron chi connectivity index (χ3n) is 3.66. The average Bonchev–Trinajstić information content (AvgIpc) is 2.89. The van der Waals surface area contributed by atoms with Gasteiger partial charge in [-0.25, -0.2) is 21.6 Å². The maximum Gasteiger partial charge on any atom is 0.242 e. The van der Waals surface area contributed by atoms with Gasteiger partial charge in [0.05, 0.1) is 23.0 Å². The summed E-state index contributed by atoms with van der Waals surface area (Å²) in [6.45, 7) is 3.72. The van der Waals surface area contributed by atoms with Gasteiger partial charge in [0.15, 0.2) is 9.84 Å². The second-order valence-corrected chi connectivity index (χ2v) is 9.49. The molecule has 21 heavy (non-hydrogen) atoms. The molecule has 9 heteroatoms. The van der Waals surface area contributed by atoms with Crippen molar-refractivity contribution in [3.05, 3.63) is 18.0 Å². The van der Waals surface area contributed by atoms with E-state index in [-0.39, 0.29) is 29.4 Å². The highest BCUT2D eigenvalue weighted by atomic mass is 32.2. The number of sulfone groups is 1. The lowest BCUT2D eigenvalue weighted by molar-refractivity contribution is 0.271. The fraction of sp³-hybridized carbons (Fsp3) is 0.667. The van der Waals surface area contributed by atoms with Crippen molar-refractivity contribution in [2.24, 2.45) is 0 Å². The lowest BCUT2D eigenvalue weighted by Gasteiger charge is -2.23. The Labute approximate surface area is 124 Å². The summed E-state index contributed by atoms with van der Waals surface area (Å²) in [5, 5.41) is 9.22. The number of nitrogens with one attached hydrogen (secondary N) is 1. The smallest absolute Gasteiger partial charge is 0.242 e. The van der Waals surface area contributed by atoms with Crippen LogP contribution in [0.3, 0.4) is 0 Å². The molecule has 7 nitrogen and oxygen atoms in total. The molecule has 1 aromatic rings. The van der Waals surface area contributed by atoms with Crippen molar-refractivity contribution in [3.63, 3.8) is 0 Å². The number of nitrogens with zero attached hydrogens (tertiary/aromatic N) is 1. The van der Waals surface area contributed by atoms with Gasteiger partial charge in [0, 0.05) is 24.0 Å². The third-order valence-corrected chi connectivity index (χ3v) is 7.17. The highest BCUT2D eigenvalue weighted by Crippen LogP contribution is 2.26. The van der Waals surface area contributed by atoms with E-state index < -0.39 is 25.4 Å². The first-order valence-corrected chi connectivity index (χ1v) is 9.95. The summed E-state index contributed by atoms with van der Waals surface area (Å²) in [4.78, 5) is 0.0407. The van der Waals surface area contributed by atoms with E-state index in [1.165, 1.54) is 12.3 Å².